The molecule has 1 saturated heterocycles. The van der Waals surface area contributed by atoms with Crippen LogP contribution in [0.2, 0.25) is 0 Å². The number of halogens is 1. The molecular formula is C22H21BrN6O5. The number of aromatic nitrogens is 3. The topological polar surface area (TPSA) is 141 Å². The SMILES string of the molecule is Cn1[nH]c(=O)c(Br)c(Nc2cccc(C(=O)N3CCN(C(=O)c4ccccn4)CC3)c2O)c1=O. The minimum Gasteiger partial charge on any atom is -0.505 e. The zero-order chi connectivity index (χ0) is 24.4. The highest BCUT2D eigenvalue weighted by Crippen LogP contribution is 2.31. The fourth-order valence-electron chi connectivity index (χ4n) is 3.62. The molecule has 3 N–H and O–H groups in total. The second-order valence-corrected chi connectivity index (χ2v) is 8.41. The minimum atomic E-state index is -0.533. The number of carbonyl (C=O) groups excluding carboxylic acids is 2. The van der Waals surface area contributed by atoms with Crippen LogP contribution in [0.25, 0.3) is 0 Å². The molecule has 0 atom stereocenters. The van der Waals surface area contributed by atoms with Gasteiger partial charge in [-0.15, -0.1) is 0 Å². The van der Waals surface area contributed by atoms with Crippen LogP contribution in [0.4, 0.5) is 11.4 Å². The van der Waals surface area contributed by atoms with Gasteiger partial charge in [0.25, 0.3) is 22.9 Å². The van der Waals surface area contributed by atoms with Crippen LogP contribution in [0.3, 0.4) is 0 Å². The lowest BCUT2D eigenvalue weighted by Gasteiger charge is -2.34. The van der Waals surface area contributed by atoms with Gasteiger partial charge in [0.1, 0.15) is 15.9 Å². The number of hydrogen-bond acceptors (Lipinski definition) is 7. The summed E-state index contributed by atoms with van der Waals surface area (Å²) in [5, 5.41) is 15.9. The predicted octanol–water partition coefficient (Wildman–Crippen LogP) is 1.28. The van der Waals surface area contributed by atoms with Crippen molar-refractivity contribution in [3.63, 3.8) is 0 Å². The van der Waals surface area contributed by atoms with Gasteiger partial charge in [0.05, 0.1) is 11.3 Å². The van der Waals surface area contributed by atoms with Crippen molar-refractivity contribution in [2.24, 2.45) is 7.05 Å². The Hall–Kier alpha value is -3.93. The average molecular weight is 529 g/mol. The third kappa shape index (κ3) is 4.44. The van der Waals surface area contributed by atoms with Crippen LogP contribution in [0.15, 0.2) is 56.7 Å². The number of aromatic hydroxyl groups is 1. The average Bonchev–Trinajstić information content (AvgIpc) is 2.86. The monoisotopic (exact) mass is 528 g/mol. The smallest absolute Gasteiger partial charge is 0.289 e. The lowest BCUT2D eigenvalue weighted by atomic mass is 10.1. The maximum atomic E-state index is 13.1. The van der Waals surface area contributed by atoms with Gasteiger partial charge in [0.15, 0.2) is 5.75 Å². The number of phenolic OH excluding ortho intramolecular Hbond substituents is 1. The first-order chi connectivity index (χ1) is 16.3. The quantitative estimate of drug-likeness (QED) is 0.433. The van der Waals surface area contributed by atoms with E-state index in [0.717, 1.165) is 4.68 Å². The van der Waals surface area contributed by atoms with Crippen molar-refractivity contribution in [1.82, 2.24) is 24.6 Å². The molecule has 4 rings (SSSR count). The number of H-pyrrole nitrogens is 1. The summed E-state index contributed by atoms with van der Waals surface area (Å²) in [6, 6.07) is 9.63. The highest BCUT2D eigenvalue weighted by atomic mass is 79.9. The number of phenols is 1. The number of nitrogens with one attached hydrogen (secondary N) is 2. The van der Waals surface area contributed by atoms with Gasteiger partial charge in [-0.3, -0.25) is 33.9 Å². The van der Waals surface area contributed by atoms with E-state index in [9.17, 15) is 24.3 Å². The Morgan fingerprint density at radius 3 is 2.35 bits per heavy atom. The standard InChI is InChI=1S/C22H21BrN6O5/c1-27-22(34)17(16(23)19(31)26-27)25-14-7-4-5-13(18(14)30)20(32)28-9-11-29(12-10-28)21(33)15-6-2-3-8-24-15/h2-8,25,30H,9-12H2,1H3,(H,26,31). The molecule has 0 saturated carbocycles. The summed E-state index contributed by atoms with van der Waals surface area (Å²) in [4.78, 5) is 57.3. The van der Waals surface area contributed by atoms with Crippen LogP contribution < -0.4 is 16.4 Å². The van der Waals surface area contributed by atoms with Gasteiger partial charge in [0.2, 0.25) is 0 Å². The van der Waals surface area contributed by atoms with Crippen molar-refractivity contribution >= 4 is 39.1 Å². The summed E-state index contributed by atoms with van der Waals surface area (Å²) in [6.45, 7) is 1.23. The van der Waals surface area contributed by atoms with Crippen LogP contribution in [-0.4, -0.2) is 67.7 Å². The molecule has 2 aromatic heterocycles. The van der Waals surface area contributed by atoms with E-state index in [-0.39, 0.29) is 46.2 Å². The molecule has 176 valence electrons. The number of piperazine rings is 1. The summed E-state index contributed by atoms with van der Waals surface area (Å²) in [7, 11) is 1.39. The third-order valence-electron chi connectivity index (χ3n) is 5.47. The molecule has 0 spiro atoms. The third-order valence-corrected chi connectivity index (χ3v) is 6.23. The molecule has 0 unspecified atom stereocenters. The van der Waals surface area contributed by atoms with E-state index in [2.05, 4.69) is 31.3 Å². The number of para-hydroxylation sites is 1. The van der Waals surface area contributed by atoms with Crippen LogP contribution in [0.5, 0.6) is 5.75 Å². The highest BCUT2D eigenvalue weighted by Gasteiger charge is 2.28. The second-order valence-electron chi connectivity index (χ2n) is 7.62. The Balaban J connectivity index is 1.51. The number of pyridine rings is 1. The maximum absolute atomic E-state index is 13.1. The van der Waals surface area contributed by atoms with Crippen molar-refractivity contribution in [2.45, 2.75) is 0 Å². The lowest BCUT2D eigenvalue weighted by Crippen LogP contribution is -2.50. The number of anilines is 2. The zero-order valence-electron chi connectivity index (χ0n) is 18.1. The number of amides is 2. The molecular weight excluding hydrogens is 508 g/mol. The number of aryl methyl sites for hydroxylation is 1. The van der Waals surface area contributed by atoms with Crippen LogP contribution >= 0.6 is 15.9 Å². The number of aromatic amines is 1. The molecule has 3 aromatic rings. The van der Waals surface area contributed by atoms with Gasteiger partial charge in [-0.05, 0) is 40.2 Å². The summed E-state index contributed by atoms with van der Waals surface area (Å²) >= 11 is 3.08. The van der Waals surface area contributed by atoms with Gasteiger partial charge in [-0.25, -0.2) is 0 Å². The number of hydrogen-bond donors (Lipinski definition) is 3. The Morgan fingerprint density at radius 1 is 1.03 bits per heavy atom. The summed E-state index contributed by atoms with van der Waals surface area (Å²) in [6.07, 6.45) is 1.55. The van der Waals surface area contributed by atoms with Gasteiger partial charge >= 0.3 is 0 Å². The molecule has 0 bridgehead atoms. The number of carbonyl (C=O) groups is 2. The molecule has 1 aliphatic rings. The fourth-order valence-corrected chi connectivity index (χ4v) is 3.98. The van der Waals surface area contributed by atoms with Gasteiger partial charge in [-0.1, -0.05) is 12.1 Å². The Bertz CT molecular complexity index is 1360. The van der Waals surface area contributed by atoms with Gasteiger partial charge < -0.3 is 20.2 Å². The van der Waals surface area contributed by atoms with E-state index >= 15 is 0 Å². The molecule has 0 aliphatic carbocycles. The Kier molecular flexibility index (Phi) is 6.50. The van der Waals surface area contributed by atoms with E-state index in [0.29, 0.717) is 18.8 Å². The first kappa shape index (κ1) is 23.2. The van der Waals surface area contributed by atoms with Crippen LogP contribution in [0.1, 0.15) is 20.8 Å². The van der Waals surface area contributed by atoms with E-state index in [1.165, 1.54) is 19.2 Å². The number of nitrogens with zero attached hydrogens (tertiary/aromatic N) is 4. The summed E-state index contributed by atoms with van der Waals surface area (Å²) in [5.41, 5.74) is -0.667. The number of benzene rings is 1. The minimum absolute atomic E-state index is 0.0274. The molecule has 0 radical (unpaired) electrons. The highest BCUT2D eigenvalue weighted by molar-refractivity contribution is 9.10. The van der Waals surface area contributed by atoms with E-state index in [1.54, 1.807) is 40.3 Å². The Morgan fingerprint density at radius 2 is 1.71 bits per heavy atom. The van der Waals surface area contributed by atoms with E-state index in [4.69, 9.17) is 0 Å². The van der Waals surface area contributed by atoms with Gasteiger partial charge in [0, 0.05) is 39.4 Å². The second kappa shape index (κ2) is 9.51. The van der Waals surface area contributed by atoms with Crippen molar-refractivity contribution in [3.05, 3.63) is 79.0 Å². The van der Waals surface area contributed by atoms with Gasteiger partial charge in [-0.2, -0.15) is 0 Å². The van der Waals surface area contributed by atoms with Crippen molar-refractivity contribution in [2.75, 3.05) is 31.5 Å². The van der Waals surface area contributed by atoms with Crippen molar-refractivity contribution < 1.29 is 14.7 Å². The molecule has 2 amide bonds. The molecule has 1 fully saturated rings. The molecule has 11 nitrogen and oxygen atoms in total. The fraction of sp³-hybridized carbons (Fsp3) is 0.227. The molecule has 34 heavy (non-hydrogen) atoms. The molecule has 1 aliphatic heterocycles. The lowest BCUT2D eigenvalue weighted by molar-refractivity contribution is 0.0530. The largest absolute Gasteiger partial charge is 0.505 e. The summed E-state index contributed by atoms with van der Waals surface area (Å²) in [5.74, 6) is -0.968. The molecule has 1 aromatic carbocycles. The van der Waals surface area contributed by atoms with Crippen LogP contribution in [0, 0.1) is 0 Å². The normalized spacial score (nSPS) is 13.6. The first-order valence-electron chi connectivity index (χ1n) is 10.4. The van der Waals surface area contributed by atoms with E-state index < -0.39 is 17.0 Å². The first-order valence-corrected chi connectivity index (χ1v) is 11.1. The maximum Gasteiger partial charge on any atom is 0.289 e. The van der Waals surface area contributed by atoms with Crippen LogP contribution in [-0.2, 0) is 7.05 Å². The van der Waals surface area contributed by atoms with Crippen molar-refractivity contribution in [1.29, 1.82) is 0 Å². The van der Waals surface area contributed by atoms with Crippen molar-refractivity contribution in [3.8, 4) is 5.75 Å². The summed E-state index contributed by atoms with van der Waals surface area (Å²) < 4.78 is 0.980. The number of rotatable bonds is 4. The van der Waals surface area contributed by atoms with E-state index in [1.807, 2.05) is 0 Å². The molecule has 12 heteroatoms. The molecule has 3 heterocycles. The predicted molar refractivity (Wildman–Crippen MR) is 127 cm³/mol. The zero-order valence-corrected chi connectivity index (χ0v) is 19.7. The Labute approximate surface area is 201 Å².